The summed E-state index contributed by atoms with van der Waals surface area (Å²) in [6.07, 6.45) is 5.25. The molecular weight excluding hydrogens is 364 g/mol. The number of aryl methyl sites for hydroxylation is 2. The molecule has 0 spiro atoms. The van der Waals surface area contributed by atoms with E-state index < -0.39 is 0 Å². The molecule has 0 amide bonds. The molecule has 3 rings (SSSR count). The molecule has 7 heteroatoms. The SMILES string of the molecule is CCNC(=NCc1ccnc(OCC2CC2)c1)NC(C)Cc1c(C)nn(C)c1C. The largest absolute Gasteiger partial charge is 0.477 e. The lowest BCUT2D eigenvalue weighted by molar-refractivity contribution is 0.288. The topological polar surface area (TPSA) is 76.4 Å². The molecular formula is C22H34N6O. The molecule has 0 aliphatic heterocycles. The third kappa shape index (κ3) is 6.21. The normalized spacial score (nSPS) is 15.3. The monoisotopic (exact) mass is 398 g/mol. The standard InChI is InChI=1S/C22H34N6O/c1-6-23-22(26-15(2)11-20-16(3)27-28(5)17(20)4)25-13-19-9-10-24-21(12-19)29-14-18-7-8-18/h9-10,12,15,18H,6-8,11,13-14H2,1-5H3,(H2,23,25,26). The Hall–Kier alpha value is -2.57. The first-order valence-electron chi connectivity index (χ1n) is 10.6. The highest BCUT2D eigenvalue weighted by molar-refractivity contribution is 5.80. The van der Waals surface area contributed by atoms with Crippen molar-refractivity contribution in [3.05, 3.63) is 40.8 Å². The van der Waals surface area contributed by atoms with Crippen LogP contribution >= 0.6 is 0 Å². The lowest BCUT2D eigenvalue weighted by atomic mass is 10.1. The number of hydrogen-bond acceptors (Lipinski definition) is 4. The zero-order valence-corrected chi connectivity index (χ0v) is 18.3. The summed E-state index contributed by atoms with van der Waals surface area (Å²) in [5.74, 6) is 2.23. The zero-order chi connectivity index (χ0) is 20.8. The molecule has 2 aromatic heterocycles. The summed E-state index contributed by atoms with van der Waals surface area (Å²) in [6, 6.07) is 4.22. The van der Waals surface area contributed by atoms with Crippen molar-refractivity contribution in [3.63, 3.8) is 0 Å². The van der Waals surface area contributed by atoms with Crippen molar-refractivity contribution in [2.45, 2.75) is 59.5 Å². The van der Waals surface area contributed by atoms with Crippen LogP contribution in [0.5, 0.6) is 5.88 Å². The number of aliphatic imine (C=N–C) groups is 1. The molecule has 1 unspecified atom stereocenters. The zero-order valence-electron chi connectivity index (χ0n) is 18.3. The second-order valence-electron chi connectivity index (χ2n) is 7.97. The van der Waals surface area contributed by atoms with E-state index in [9.17, 15) is 0 Å². The maximum absolute atomic E-state index is 5.78. The van der Waals surface area contributed by atoms with Gasteiger partial charge in [-0.15, -0.1) is 0 Å². The van der Waals surface area contributed by atoms with Gasteiger partial charge in [0.1, 0.15) is 0 Å². The second kappa shape index (κ2) is 9.76. The summed E-state index contributed by atoms with van der Waals surface area (Å²) >= 11 is 0. The third-order valence-corrected chi connectivity index (χ3v) is 5.28. The Morgan fingerprint density at radius 3 is 2.83 bits per heavy atom. The molecule has 7 nitrogen and oxygen atoms in total. The van der Waals surface area contributed by atoms with Crippen LogP contribution < -0.4 is 15.4 Å². The Kier molecular flexibility index (Phi) is 7.12. The van der Waals surface area contributed by atoms with Crippen LogP contribution in [0.3, 0.4) is 0 Å². The number of pyridine rings is 1. The molecule has 0 radical (unpaired) electrons. The maximum Gasteiger partial charge on any atom is 0.213 e. The van der Waals surface area contributed by atoms with Gasteiger partial charge in [-0.25, -0.2) is 9.98 Å². The third-order valence-electron chi connectivity index (χ3n) is 5.28. The van der Waals surface area contributed by atoms with E-state index in [1.807, 2.05) is 23.9 Å². The molecule has 1 saturated carbocycles. The number of aromatic nitrogens is 3. The molecule has 1 atom stereocenters. The van der Waals surface area contributed by atoms with Crippen LogP contribution in [0.25, 0.3) is 0 Å². The Balaban J connectivity index is 1.59. The summed E-state index contributed by atoms with van der Waals surface area (Å²) in [7, 11) is 1.99. The fourth-order valence-corrected chi connectivity index (χ4v) is 3.31. The average Bonchev–Trinajstić information content (AvgIpc) is 3.49. The predicted octanol–water partition coefficient (Wildman–Crippen LogP) is 2.91. The van der Waals surface area contributed by atoms with Crippen molar-refractivity contribution in [1.82, 2.24) is 25.4 Å². The smallest absolute Gasteiger partial charge is 0.213 e. The van der Waals surface area contributed by atoms with Crippen LogP contribution in [0.15, 0.2) is 23.3 Å². The molecule has 1 aliphatic rings. The quantitative estimate of drug-likeness (QED) is 0.502. The first kappa shape index (κ1) is 21.1. The van der Waals surface area contributed by atoms with Gasteiger partial charge in [0.2, 0.25) is 5.88 Å². The van der Waals surface area contributed by atoms with Crippen molar-refractivity contribution in [2.24, 2.45) is 18.0 Å². The van der Waals surface area contributed by atoms with Gasteiger partial charge in [0, 0.05) is 37.6 Å². The minimum atomic E-state index is 0.240. The summed E-state index contributed by atoms with van der Waals surface area (Å²) in [4.78, 5) is 9.06. The highest BCUT2D eigenvalue weighted by Gasteiger charge is 2.22. The van der Waals surface area contributed by atoms with Gasteiger partial charge in [-0.1, -0.05) is 0 Å². The van der Waals surface area contributed by atoms with Gasteiger partial charge in [0.05, 0.1) is 18.8 Å². The first-order valence-corrected chi connectivity index (χ1v) is 10.6. The molecule has 2 N–H and O–H groups in total. The predicted molar refractivity (Wildman–Crippen MR) is 116 cm³/mol. The molecule has 0 bridgehead atoms. The summed E-state index contributed by atoms with van der Waals surface area (Å²) in [6.45, 7) is 10.6. The van der Waals surface area contributed by atoms with Crippen LogP contribution in [0.2, 0.25) is 0 Å². The van der Waals surface area contributed by atoms with E-state index in [4.69, 9.17) is 9.73 Å². The van der Waals surface area contributed by atoms with Gasteiger partial charge in [-0.05, 0) is 70.1 Å². The van der Waals surface area contributed by atoms with Gasteiger partial charge in [0.15, 0.2) is 5.96 Å². The molecule has 1 fully saturated rings. The molecule has 1 aliphatic carbocycles. The van der Waals surface area contributed by atoms with Gasteiger partial charge in [0.25, 0.3) is 0 Å². The fraction of sp³-hybridized carbons (Fsp3) is 0.591. The Morgan fingerprint density at radius 1 is 1.38 bits per heavy atom. The molecule has 158 valence electrons. The highest BCUT2D eigenvalue weighted by atomic mass is 16.5. The molecule has 2 aromatic rings. The van der Waals surface area contributed by atoms with Gasteiger partial charge >= 0.3 is 0 Å². The first-order chi connectivity index (χ1) is 14.0. The lowest BCUT2D eigenvalue weighted by Gasteiger charge is -2.18. The van der Waals surface area contributed by atoms with E-state index in [0.29, 0.717) is 12.4 Å². The fourth-order valence-electron chi connectivity index (χ4n) is 3.31. The van der Waals surface area contributed by atoms with E-state index >= 15 is 0 Å². The van der Waals surface area contributed by atoms with E-state index in [1.165, 1.54) is 24.1 Å². The maximum atomic E-state index is 5.78. The lowest BCUT2D eigenvalue weighted by Crippen LogP contribution is -2.43. The number of nitrogens with zero attached hydrogens (tertiary/aromatic N) is 4. The Bertz CT molecular complexity index is 840. The van der Waals surface area contributed by atoms with Crippen LogP contribution in [0.4, 0.5) is 0 Å². The molecule has 29 heavy (non-hydrogen) atoms. The van der Waals surface area contributed by atoms with E-state index in [2.05, 4.69) is 48.4 Å². The van der Waals surface area contributed by atoms with Gasteiger partial charge < -0.3 is 15.4 Å². The summed E-state index contributed by atoms with van der Waals surface area (Å²) in [5, 5.41) is 11.4. The van der Waals surface area contributed by atoms with Gasteiger partial charge in [-0.2, -0.15) is 5.10 Å². The van der Waals surface area contributed by atoms with E-state index in [1.54, 1.807) is 6.20 Å². The van der Waals surface area contributed by atoms with E-state index in [0.717, 1.165) is 42.7 Å². The van der Waals surface area contributed by atoms with Crippen molar-refractivity contribution < 1.29 is 4.74 Å². The van der Waals surface area contributed by atoms with E-state index in [-0.39, 0.29) is 6.04 Å². The molecule has 0 aromatic carbocycles. The van der Waals surface area contributed by atoms with Crippen molar-refractivity contribution in [1.29, 1.82) is 0 Å². The van der Waals surface area contributed by atoms with Crippen molar-refractivity contribution in [2.75, 3.05) is 13.2 Å². The summed E-state index contributed by atoms with van der Waals surface area (Å²) in [5.41, 5.74) is 4.70. The minimum absolute atomic E-state index is 0.240. The number of ether oxygens (including phenoxy) is 1. The van der Waals surface area contributed by atoms with Crippen LogP contribution in [0, 0.1) is 19.8 Å². The highest BCUT2D eigenvalue weighted by Crippen LogP contribution is 2.29. The summed E-state index contributed by atoms with van der Waals surface area (Å²) < 4.78 is 7.73. The van der Waals surface area contributed by atoms with Crippen LogP contribution in [-0.4, -0.2) is 39.9 Å². The van der Waals surface area contributed by atoms with Crippen LogP contribution in [-0.2, 0) is 20.0 Å². The van der Waals surface area contributed by atoms with Gasteiger partial charge in [-0.3, -0.25) is 4.68 Å². The average molecular weight is 399 g/mol. The number of hydrogen-bond donors (Lipinski definition) is 2. The Morgan fingerprint density at radius 2 is 2.17 bits per heavy atom. The molecule has 0 saturated heterocycles. The minimum Gasteiger partial charge on any atom is -0.477 e. The number of nitrogens with one attached hydrogen (secondary N) is 2. The number of rotatable bonds is 9. The van der Waals surface area contributed by atoms with Crippen LogP contribution in [0.1, 0.15) is 49.2 Å². The Labute approximate surface area is 174 Å². The molecule has 2 heterocycles. The van der Waals surface area contributed by atoms with Crippen molar-refractivity contribution in [3.8, 4) is 5.88 Å². The van der Waals surface area contributed by atoms with Crippen molar-refractivity contribution >= 4 is 5.96 Å². The number of guanidine groups is 1. The second-order valence-corrected chi connectivity index (χ2v) is 7.97.